The first-order chi connectivity index (χ1) is 15.0. The van der Waals surface area contributed by atoms with Crippen molar-refractivity contribution in [1.82, 2.24) is 4.31 Å². The number of hydrogen-bond acceptors (Lipinski definition) is 4. The predicted octanol–water partition coefficient (Wildman–Crippen LogP) is 4.23. The minimum Gasteiger partial charge on any atom is -0.489 e. The molecular weight excluding hydrogens is 410 g/mol. The Kier molecular flexibility index (Phi) is 6.49. The molecule has 1 aliphatic rings. The number of sulfonamides is 1. The first-order valence-corrected chi connectivity index (χ1v) is 11.8. The lowest BCUT2D eigenvalue weighted by Crippen LogP contribution is -2.49. The molecule has 0 aromatic heterocycles. The number of hydrogen-bond donors (Lipinski definition) is 0. The Morgan fingerprint density at radius 3 is 2.16 bits per heavy atom. The van der Waals surface area contributed by atoms with E-state index in [4.69, 9.17) is 4.74 Å². The highest BCUT2D eigenvalue weighted by molar-refractivity contribution is 7.89. The number of Topliss-reactive ketones (excluding diaryl/α,β-unsaturated/α-hetero) is 1. The summed E-state index contributed by atoms with van der Waals surface area (Å²) in [6, 6.07) is 25.1. The second kappa shape index (κ2) is 9.45. The zero-order valence-electron chi connectivity index (χ0n) is 17.2. The highest BCUT2D eigenvalue weighted by Crippen LogP contribution is 2.26. The van der Waals surface area contributed by atoms with Gasteiger partial charge in [-0.3, -0.25) is 4.79 Å². The number of benzene rings is 3. The molecule has 0 amide bonds. The van der Waals surface area contributed by atoms with Crippen LogP contribution in [0.4, 0.5) is 0 Å². The van der Waals surface area contributed by atoms with E-state index in [9.17, 15) is 13.2 Å². The monoisotopic (exact) mass is 435 g/mol. The van der Waals surface area contributed by atoms with Crippen LogP contribution in [0.2, 0.25) is 0 Å². The van der Waals surface area contributed by atoms with Crippen LogP contribution in [0.15, 0.2) is 89.8 Å². The fourth-order valence-corrected chi connectivity index (χ4v) is 5.48. The summed E-state index contributed by atoms with van der Waals surface area (Å²) >= 11 is 0. The van der Waals surface area contributed by atoms with Crippen molar-refractivity contribution in [2.24, 2.45) is 0 Å². The molecule has 0 radical (unpaired) electrons. The molecule has 0 saturated carbocycles. The van der Waals surface area contributed by atoms with Crippen molar-refractivity contribution in [3.8, 4) is 5.75 Å². The minimum atomic E-state index is -3.72. The lowest BCUT2D eigenvalue weighted by Gasteiger charge is -2.33. The van der Waals surface area contributed by atoms with E-state index >= 15 is 0 Å². The number of carbonyl (C=O) groups is 1. The van der Waals surface area contributed by atoms with Crippen LogP contribution in [0, 0.1) is 0 Å². The molecular formula is C25H25NO4S. The fraction of sp³-hybridized carbons (Fsp3) is 0.240. The van der Waals surface area contributed by atoms with Crippen LogP contribution in [-0.2, 0) is 27.8 Å². The Balaban J connectivity index is 1.47. The van der Waals surface area contributed by atoms with Crippen LogP contribution in [0.1, 0.15) is 24.0 Å². The number of ether oxygens (including phenoxy) is 1. The van der Waals surface area contributed by atoms with Gasteiger partial charge in [0, 0.05) is 13.0 Å². The van der Waals surface area contributed by atoms with Crippen LogP contribution in [0.3, 0.4) is 0 Å². The molecule has 4 rings (SSSR count). The summed E-state index contributed by atoms with van der Waals surface area (Å²) in [6.45, 7) is 0.830. The Morgan fingerprint density at radius 2 is 1.48 bits per heavy atom. The van der Waals surface area contributed by atoms with Gasteiger partial charge in [-0.15, -0.1) is 0 Å². The van der Waals surface area contributed by atoms with Crippen molar-refractivity contribution < 1.29 is 17.9 Å². The number of nitrogens with zero attached hydrogens (tertiary/aromatic N) is 1. The fourth-order valence-electron chi connectivity index (χ4n) is 3.81. The van der Waals surface area contributed by atoms with Crippen LogP contribution in [0.25, 0.3) is 0 Å². The quantitative estimate of drug-likeness (QED) is 0.557. The van der Waals surface area contributed by atoms with Crippen molar-refractivity contribution in [3.63, 3.8) is 0 Å². The zero-order valence-corrected chi connectivity index (χ0v) is 18.0. The number of carbonyl (C=O) groups excluding carboxylic acids is 1. The van der Waals surface area contributed by atoms with E-state index in [1.165, 1.54) is 4.31 Å². The maximum absolute atomic E-state index is 13.2. The summed E-state index contributed by atoms with van der Waals surface area (Å²) in [7, 11) is -3.72. The van der Waals surface area contributed by atoms with Gasteiger partial charge in [-0.1, -0.05) is 60.7 Å². The van der Waals surface area contributed by atoms with Gasteiger partial charge < -0.3 is 4.74 Å². The van der Waals surface area contributed by atoms with Gasteiger partial charge in [0.1, 0.15) is 12.4 Å². The summed E-state index contributed by atoms with van der Waals surface area (Å²) < 4.78 is 33.5. The smallest absolute Gasteiger partial charge is 0.243 e. The molecule has 0 spiro atoms. The Hall–Kier alpha value is -2.96. The molecule has 6 heteroatoms. The van der Waals surface area contributed by atoms with Crippen molar-refractivity contribution in [3.05, 3.63) is 96.1 Å². The highest BCUT2D eigenvalue weighted by atomic mass is 32.2. The molecule has 1 saturated heterocycles. The molecule has 31 heavy (non-hydrogen) atoms. The van der Waals surface area contributed by atoms with Gasteiger partial charge in [0.25, 0.3) is 0 Å². The molecule has 0 bridgehead atoms. The molecule has 3 aromatic carbocycles. The molecule has 0 unspecified atom stereocenters. The molecule has 1 fully saturated rings. The summed E-state index contributed by atoms with van der Waals surface area (Å²) in [4.78, 5) is 12.9. The van der Waals surface area contributed by atoms with Crippen molar-refractivity contribution in [1.29, 1.82) is 0 Å². The minimum absolute atomic E-state index is 0.0323. The second-order valence-corrected chi connectivity index (χ2v) is 9.53. The molecule has 1 atom stereocenters. The lowest BCUT2D eigenvalue weighted by molar-refractivity contribution is -0.124. The number of ketones is 1. The molecule has 5 nitrogen and oxygen atoms in total. The van der Waals surface area contributed by atoms with Gasteiger partial charge in [0.05, 0.1) is 10.9 Å². The van der Waals surface area contributed by atoms with E-state index in [1.807, 2.05) is 54.6 Å². The topological polar surface area (TPSA) is 63.7 Å². The van der Waals surface area contributed by atoms with Crippen molar-refractivity contribution >= 4 is 15.8 Å². The first kappa shape index (κ1) is 21.3. The predicted molar refractivity (Wildman–Crippen MR) is 119 cm³/mol. The van der Waals surface area contributed by atoms with Crippen LogP contribution in [-0.4, -0.2) is 31.1 Å². The Labute approximate surface area is 183 Å². The van der Waals surface area contributed by atoms with Gasteiger partial charge in [-0.25, -0.2) is 8.42 Å². The first-order valence-electron chi connectivity index (χ1n) is 10.4. The average molecular weight is 436 g/mol. The summed E-state index contributed by atoms with van der Waals surface area (Å²) in [6.07, 6.45) is 1.31. The largest absolute Gasteiger partial charge is 0.489 e. The van der Waals surface area contributed by atoms with Gasteiger partial charge in [-0.2, -0.15) is 4.31 Å². The lowest BCUT2D eigenvalue weighted by atomic mass is 9.96. The van der Waals surface area contributed by atoms with E-state index in [0.717, 1.165) is 16.9 Å². The van der Waals surface area contributed by atoms with Gasteiger partial charge >= 0.3 is 0 Å². The van der Waals surface area contributed by atoms with E-state index in [0.29, 0.717) is 32.4 Å². The molecule has 1 heterocycles. The summed E-state index contributed by atoms with van der Waals surface area (Å²) in [5.74, 6) is 0.700. The average Bonchev–Trinajstić information content (AvgIpc) is 2.81. The van der Waals surface area contributed by atoms with Gasteiger partial charge in [0.15, 0.2) is 5.78 Å². The second-order valence-electron chi connectivity index (χ2n) is 7.64. The van der Waals surface area contributed by atoms with Gasteiger partial charge in [-0.05, 0) is 48.2 Å². The van der Waals surface area contributed by atoms with Gasteiger partial charge in [0.2, 0.25) is 10.0 Å². The van der Waals surface area contributed by atoms with Crippen LogP contribution < -0.4 is 4.74 Å². The zero-order chi connectivity index (χ0) is 21.7. The standard InChI is InChI=1S/C25H25NO4S/c27-25-12-7-17-26(31(28,29)23-10-5-2-6-11-23)24(25)18-20-13-15-22(16-14-20)30-19-21-8-3-1-4-9-21/h1-6,8-11,13-16,24H,7,12,17-19H2/t24-/m0/s1. The van der Waals surface area contributed by atoms with E-state index in [1.54, 1.807) is 30.3 Å². The van der Waals surface area contributed by atoms with Crippen molar-refractivity contribution in [2.75, 3.05) is 6.54 Å². The maximum atomic E-state index is 13.2. The van der Waals surface area contributed by atoms with E-state index < -0.39 is 16.1 Å². The normalized spacial score (nSPS) is 17.4. The number of rotatable bonds is 7. The maximum Gasteiger partial charge on any atom is 0.243 e. The molecule has 0 N–H and O–H groups in total. The highest BCUT2D eigenvalue weighted by Gasteiger charge is 2.38. The molecule has 1 aliphatic heterocycles. The SMILES string of the molecule is O=C1CCCN(S(=O)(=O)c2ccccc2)[C@H]1Cc1ccc(OCc2ccccc2)cc1. The molecule has 160 valence electrons. The number of piperidine rings is 1. The van der Waals surface area contributed by atoms with E-state index in [-0.39, 0.29) is 10.7 Å². The van der Waals surface area contributed by atoms with Crippen LogP contribution in [0.5, 0.6) is 5.75 Å². The third kappa shape index (κ3) is 5.03. The summed E-state index contributed by atoms with van der Waals surface area (Å²) in [5, 5.41) is 0. The van der Waals surface area contributed by atoms with Crippen LogP contribution >= 0.6 is 0 Å². The third-order valence-corrected chi connectivity index (χ3v) is 7.39. The molecule has 3 aromatic rings. The Morgan fingerprint density at radius 1 is 0.839 bits per heavy atom. The third-order valence-electron chi connectivity index (χ3n) is 5.47. The van der Waals surface area contributed by atoms with Crippen molar-refractivity contribution in [2.45, 2.75) is 36.8 Å². The van der Waals surface area contributed by atoms with E-state index in [2.05, 4.69) is 0 Å². The Bertz CT molecular complexity index is 1110. The molecule has 0 aliphatic carbocycles. The summed E-state index contributed by atoms with van der Waals surface area (Å²) in [5.41, 5.74) is 1.99.